The van der Waals surface area contributed by atoms with Crippen molar-refractivity contribution >= 4 is 5.97 Å². The highest BCUT2D eigenvalue weighted by molar-refractivity contribution is 5.78. The number of hydrogen-bond acceptors (Lipinski definition) is 3. The molecule has 4 nitrogen and oxygen atoms in total. The van der Waals surface area contributed by atoms with Gasteiger partial charge in [0, 0.05) is 13.1 Å². The van der Waals surface area contributed by atoms with Crippen LogP contribution in [0.1, 0.15) is 47.0 Å². The van der Waals surface area contributed by atoms with Crippen LogP contribution in [0.4, 0.5) is 0 Å². The number of piperidine rings is 1. The Morgan fingerprint density at radius 2 is 2.17 bits per heavy atom. The molecule has 1 heterocycles. The highest BCUT2D eigenvalue weighted by Crippen LogP contribution is 2.29. The number of rotatable bonds is 6. The predicted molar refractivity (Wildman–Crippen MR) is 73.8 cm³/mol. The summed E-state index contributed by atoms with van der Waals surface area (Å²) in [5.74, 6) is -0.751. The third-order valence-electron chi connectivity index (χ3n) is 3.76. The van der Waals surface area contributed by atoms with Crippen LogP contribution in [0.15, 0.2) is 0 Å². The van der Waals surface area contributed by atoms with Gasteiger partial charge >= 0.3 is 5.97 Å². The minimum Gasteiger partial charge on any atom is -0.480 e. The average Bonchev–Trinajstić information content (AvgIpc) is 2.24. The van der Waals surface area contributed by atoms with E-state index in [0.717, 1.165) is 32.5 Å². The fourth-order valence-electron chi connectivity index (χ4n) is 2.73. The molecule has 1 saturated heterocycles. The summed E-state index contributed by atoms with van der Waals surface area (Å²) in [5, 5.41) is 12.6. The Bertz CT molecular complexity index is 292. The summed E-state index contributed by atoms with van der Waals surface area (Å²) in [4.78, 5) is 13.8. The first kappa shape index (κ1) is 15.4. The summed E-state index contributed by atoms with van der Waals surface area (Å²) in [6.07, 6.45) is 3.35. The number of carbonyl (C=O) groups is 1. The Kier molecular flexibility index (Phi) is 5.17. The topological polar surface area (TPSA) is 52.6 Å². The predicted octanol–water partition coefficient (Wildman–Crippen LogP) is 1.95. The molecular formula is C14H28N2O2. The van der Waals surface area contributed by atoms with Crippen molar-refractivity contribution in [3.8, 4) is 0 Å². The van der Waals surface area contributed by atoms with E-state index >= 15 is 0 Å². The number of aliphatic carboxylic acids is 1. The molecule has 18 heavy (non-hydrogen) atoms. The highest BCUT2D eigenvalue weighted by atomic mass is 16.4. The van der Waals surface area contributed by atoms with Gasteiger partial charge in [-0.3, -0.25) is 4.79 Å². The Hall–Kier alpha value is -0.610. The van der Waals surface area contributed by atoms with E-state index in [0.29, 0.717) is 12.0 Å². The van der Waals surface area contributed by atoms with Crippen LogP contribution in [-0.2, 0) is 4.79 Å². The molecule has 1 aliphatic rings. The van der Waals surface area contributed by atoms with Crippen molar-refractivity contribution < 1.29 is 9.90 Å². The molecule has 2 N–H and O–H groups in total. The highest BCUT2D eigenvalue weighted by Gasteiger charge is 2.37. The molecule has 0 aromatic carbocycles. The smallest absolute Gasteiger partial charge is 0.324 e. The second-order valence-electron chi connectivity index (χ2n) is 6.54. The van der Waals surface area contributed by atoms with E-state index in [-0.39, 0.29) is 0 Å². The van der Waals surface area contributed by atoms with Gasteiger partial charge in [0.25, 0.3) is 0 Å². The summed E-state index contributed by atoms with van der Waals surface area (Å²) >= 11 is 0. The number of nitrogens with one attached hydrogen (secondary N) is 1. The van der Waals surface area contributed by atoms with Gasteiger partial charge in [-0.05, 0) is 44.7 Å². The van der Waals surface area contributed by atoms with Gasteiger partial charge in [-0.25, -0.2) is 0 Å². The molecule has 1 atom stereocenters. The Balaban J connectivity index is 2.63. The van der Waals surface area contributed by atoms with Crippen molar-refractivity contribution in [3.05, 3.63) is 0 Å². The van der Waals surface area contributed by atoms with E-state index in [1.54, 1.807) is 6.92 Å². The van der Waals surface area contributed by atoms with Crippen LogP contribution in [0.3, 0.4) is 0 Å². The van der Waals surface area contributed by atoms with E-state index in [9.17, 15) is 9.90 Å². The molecule has 1 unspecified atom stereocenters. The van der Waals surface area contributed by atoms with Gasteiger partial charge < -0.3 is 15.3 Å². The van der Waals surface area contributed by atoms with E-state index < -0.39 is 11.5 Å². The summed E-state index contributed by atoms with van der Waals surface area (Å²) in [7, 11) is 0. The fourth-order valence-corrected chi connectivity index (χ4v) is 2.73. The zero-order valence-corrected chi connectivity index (χ0v) is 12.3. The summed E-state index contributed by atoms with van der Waals surface area (Å²) in [5.41, 5.74) is -0.522. The van der Waals surface area contributed by atoms with Crippen LogP contribution in [0.25, 0.3) is 0 Å². The molecule has 0 saturated carbocycles. The molecule has 1 fully saturated rings. The minimum atomic E-state index is -0.830. The summed E-state index contributed by atoms with van der Waals surface area (Å²) < 4.78 is 0. The molecule has 0 spiro atoms. The number of carboxylic acids is 1. The Labute approximate surface area is 111 Å². The maximum absolute atomic E-state index is 11.5. The standard InChI is InChI=1S/C14H28N2O2/c1-5-8-15-14(4,12(17)18)11-16-9-6-7-13(2,3)10-16/h15H,5-11H2,1-4H3,(H,17,18). The van der Waals surface area contributed by atoms with Crippen molar-refractivity contribution in [1.29, 1.82) is 0 Å². The van der Waals surface area contributed by atoms with Crippen molar-refractivity contribution in [2.45, 2.75) is 52.5 Å². The normalized spacial score (nSPS) is 23.6. The van der Waals surface area contributed by atoms with Crippen LogP contribution >= 0.6 is 0 Å². The van der Waals surface area contributed by atoms with E-state index in [2.05, 4.69) is 31.0 Å². The lowest BCUT2D eigenvalue weighted by molar-refractivity contribution is -0.145. The van der Waals surface area contributed by atoms with Crippen molar-refractivity contribution in [3.63, 3.8) is 0 Å². The minimum absolute atomic E-state index is 0.308. The zero-order chi connectivity index (χ0) is 13.8. The maximum atomic E-state index is 11.5. The molecule has 106 valence electrons. The lowest BCUT2D eigenvalue weighted by atomic mass is 9.83. The van der Waals surface area contributed by atoms with Crippen molar-refractivity contribution in [2.75, 3.05) is 26.2 Å². The third-order valence-corrected chi connectivity index (χ3v) is 3.76. The second-order valence-corrected chi connectivity index (χ2v) is 6.54. The van der Waals surface area contributed by atoms with E-state index in [4.69, 9.17) is 0 Å². The first-order valence-corrected chi connectivity index (χ1v) is 7.00. The van der Waals surface area contributed by atoms with Gasteiger partial charge in [-0.15, -0.1) is 0 Å². The quantitative estimate of drug-likeness (QED) is 0.762. The van der Waals surface area contributed by atoms with Gasteiger partial charge in [-0.1, -0.05) is 20.8 Å². The fraction of sp³-hybridized carbons (Fsp3) is 0.929. The third kappa shape index (κ3) is 4.25. The Morgan fingerprint density at radius 1 is 1.50 bits per heavy atom. The van der Waals surface area contributed by atoms with Crippen LogP contribution in [0.5, 0.6) is 0 Å². The molecule has 0 aromatic rings. The molecule has 0 aromatic heterocycles. The number of likely N-dealkylation sites (tertiary alicyclic amines) is 1. The molecule has 0 aliphatic carbocycles. The monoisotopic (exact) mass is 256 g/mol. The second kappa shape index (κ2) is 6.02. The van der Waals surface area contributed by atoms with E-state index in [1.165, 1.54) is 6.42 Å². The average molecular weight is 256 g/mol. The van der Waals surface area contributed by atoms with Crippen molar-refractivity contribution in [1.82, 2.24) is 10.2 Å². The molecule has 0 amide bonds. The molecular weight excluding hydrogens is 228 g/mol. The Morgan fingerprint density at radius 3 is 2.67 bits per heavy atom. The first-order chi connectivity index (χ1) is 8.29. The lowest BCUT2D eigenvalue weighted by Gasteiger charge is -2.41. The molecule has 4 heteroatoms. The first-order valence-electron chi connectivity index (χ1n) is 7.00. The maximum Gasteiger partial charge on any atom is 0.324 e. The number of nitrogens with zero attached hydrogens (tertiary/aromatic N) is 1. The van der Waals surface area contributed by atoms with Gasteiger partial charge in [0.2, 0.25) is 0 Å². The van der Waals surface area contributed by atoms with Gasteiger partial charge in [0.05, 0.1) is 0 Å². The van der Waals surface area contributed by atoms with Gasteiger partial charge in [0.1, 0.15) is 5.54 Å². The molecule has 0 radical (unpaired) electrons. The molecule has 1 aliphatic heterocycles. The van der Waals surface area contributed by atoms with Gasteiger partial charge in [-0.2, -0.15) is 0 Å². The zero-order valence-electron chi connectivity index (χ0n) is 12.3. The van der Waals surface area contributed by atoms with E-state index in [1.807, 2.05) is 0 Å². The van der Waals surface area contributed by atoms with Crippen LogP contribution in [0.2, 0.25) is 0 Å². The van der Waals surface area contributed by atoms with Crippen LogP contribution in [0, 0.1) is 5.41 Å². The number of carboxylic acid groups (broad SMARTS) is 1. The van der Waals surface area contributed by atoms with Crippen molar-refractivity contribution in [2.24, 2.45) is 5.41 Å². The van der Waals surface area contributed by atoms with Crippen LogP contribution in [-0.4, -0.2) is 47.7 Å². The lowest BCUT2D eigenvalue weighted by Crippen LogP contribution is -2.58. The molecule has 1 rings (SSSR count). The van der Waals surface area contributed by atoms with Gasteiger partial charge in [0.15, 0.2) is 0 Å². The SMILES string of the molecule is CCCNC(C)(CN1CCCC(C)(C)C1)C(=O)O. The van der Waals surface area contributed by atoms with Crippen LogP contribution < -0.4 is 5.32 Å². The largest absolute Gasteiger partial charge is 0.480 e. The summed E-state index contributed by atoms with van der Waals surface area (Å²) in [6.45, 7) is 11.7. The summed E-state index contributed by atoms with van der Waals surface area (Å²) in [6, 6.07) is 0. The number of hydrogen-bond donors (Lipinski definition) is 2. The molecule has 0 bridgehead atoms.